The van der Waals surface area contributed by atoms with Crippen molar-refractivity contribution < 1.29 is 15.0 Å². The molecule has 1 heterocycles. The van der Waals surface area contributed by atoms with Crippen LogP contribution in [0, 0.1) is 0 Å². The molecule has 2 aromatic rings. The monoisotopic (exact) mass is 291 g/mol. The number of halogens is 1. The highest BCUT2D eigenvalue weighted by atomic mass is 35.5. The van der Waals surface area contributed by atoms with Crippen LogP contribution in [0.15, 0.2) is 54.9 Å². The van der Waals surface area contributed by atoms with Crippen molar-refractivity contribution in [3.8, 4) is 0 Å². The number of carbonyl (C=O) groups is 1. The molecule has 0 bridgehead atoms. The minimum absolute atomic E-state index is 0. The van der Waals surface area contributed by atoms with Crippen LogP contribution in [0.3, 0.4) is 0 Å². The van der Waals surface area contributed by atoms with Crippen LogP contribution in [-0.4, -0.2) is 21.2 Å². The second kappa shape index (κ2) is 7.43. The van der Waals surface area contributed by atoms with Crippen LogP contribution < -0.4 is 0 Å². The molecule has 20 heavy (non-hydrogen) atoms. The average Bonchev–Trinajstić information content (AvgIpc) is 2.46. The maximum atomic E-state index is 10.4. The lowest BCUT2D eigenvalue weighted by molar-refractivity contribution is -0.131. The molecule has 0 aliphatic rings. The lowest BCUT2D eigenvalue weighted by Gasteiger charge is -2.10. The van der Waals surface area contributed by atoms with Gasteiger partial charge in [-0.2, -0.15) is 0 Å². The summed E-state index contributed by atoms with van der Waals surface area (Å²) in [6, 6.07) is 10.6. The van der Waals surface area contributed by atoms with Gasteiger partial charge >= 0.3 is 5.97 Å². The Morgan fingerprint density at radius 3 is 2.40 bits per heavy atom. The van der Waals surface area contributed by atoms with Crippen molar-refractivity contribution in [3.63, 3.8) is 0 Å². The van der Waals surface area contributed by atoms with Crippen molar-refractivity contribution in [1.29, 1.82) is 0 Å². The molecule has 0 spiro atoms. The highest BCUT2D eigenvalue weighted by Gasteiger charge is 2.09. The van der Waals surface area contributed by atoms with Gasteiger partial charge in [-0.05, 0) is 23.3 Å². The Labute approximate surface area is 122 Å². The topological polar surface area (TPSA) is 70.4 Å². The molecule has 0 saturated carbocycles. The Hall–Kier alpha value is -2.17. The number of carboxylic acid groups (broad SMARTS) is 1. The van der Waals surface area contributed by atoms with E-state index in [9.17, 15) is 9.90 Å². The van der Waals surface area contributed by atoms with E-state index in [-0.39, 0.29) is 12.4 Å². The van der Waals surface area contributed by atoms with Crippen molar-refractivity contribution in [3.05, 3.63) is 71.6 Å². The van der Waals surface area contributed by atoms with Crippen molar-refractivity contribution in [2.45, 2.75) is 6.10 Å². The zero-order valence-electron chi connectivity index (χ0n) is 10.5. The van der Waals surface area contributed by atoms with Crippen LogP contribution in [0.5, 0.6) is 0 Å². The van der Waals surface area contributed by atoms with E-state index in [1.54, 1.807) is 48.8 Å². The molecule has 2 N–H and O–H groups in total. The molecule has 2 rings (SSSR count). The Morgan fingerprint density at radius 1 is 1.15 bits per heavy atom. The minimum atomic E-state index is -0.987. The zero-order chi connectivity index (χ0) is 13.7. The van der Waals surface area contributed by atoms with E-state index in [2.05, 4.69) is 4.98 Å². The Balaban J connectivity index is 0.00000200. The second-order valence-corrected chi connectivity index (χ2v) is 4.03. The first kappa shape index (κ1) is 15.9. The quantitative estimate of drug-likeness (QED) is 0.850. The molecule has 0 aliphatic heterocycles. The van der Waals surface area contributed by atoms with Crippen molar-refractivity contribution in [1.82, 2.24) is 4.98 Å². The van der Waals surface area contributed by atoms with Crippen LogP contribution in [0.25, 0.3) is 6.08 Å². The normalized spacial score (nSPS) is 11.8. The SMILES string of the molecule is Cl.O=C(O)/C=C/c1ccc(C(O)c2cccnc2)cc1. The van der Waals surface area contributed by atoms with Gasteiger partial charge in [0.2, 0.25) is 0 Å². The summed E-state index contributed by atoms with van der Waals surface area (Å²) in [4.78, 5) is 14.4. The average molecular weight is 292 g/mol. The number of aliphatic hydroxyl groups excluding tert-OH is 1. The van der Waals surface area contributed by atoms with E-state index < -0.39 is 12.1 Å². The summed E-state index contributed by atoms with van der Waals surface area (Å²) in [6.07, 6.45) is 5.11. The first-order chi connectivity index (χ1) is 9.16. The predicted octanol–water partition coefficient (Wildman–Crippen LogP) is 2.68. The highest BCUT2D eigenvalue weighted by Crippen LogP contribution is 2.21. The van der Waals surface area contributed by atoms with Crippen LogP contribution in [0.4, 0.5) is 0 Å². The molecule has 1 aromatic carbocycles. The molecule has 0 radical (unpaired) electrons. The van der Waals surface area contributed by atoms with Gasteiger partial charge in [0, 0.05) is 24.0 Å². The van der Waals surface area contributed by atoms with Gasteiger partial charge < -0.3 is 10.2 Å². The zero-order valence-corrected chi connectivity index (χ0v) is 11.3. The molecule has 0 fully saturated rings. The summed E-state index contributed by atoms with van der Waals surface area (Å²) in [6.45, 7) is 0. The van der Waals surface area contributed by atoms with Crippen LogP contribution >= 0.6 is 12.4 Å². The maximum Gasteiger partial charge on any atom is 0.328 e. The molecule has 1 aromatic heterocycles. The number of hydrogen-bond acceptors (Lipinski definition) is 3. The van der Waals surface area contributed by atoms with E-state index in [0.29, 0.717) is 0 Å². The van der Waals surface area contributed by atoms with Gasteiger partial charge in [0.25, 0.3) is 0 Å². The van der Waals surface area contributed by atoms with Gasteiger partial charge in [-0.3, -0.25) is 4.98 Å². The van der Waals surface area contributed by atoms with E-state index in [1.165, 1.54) is 6.08 Å². The fraction of sp³-hybridized carbons (Fsp3) is 0.0667. The summed E-state index contributed by atoms with van der Waals surface area (Å²) in [5, 5.41) is 18.7. The molecule has 104 valence electrons. The van der Waals surface area contributed by atoms with Gasteiger partial charge in [0.1, 0.15) is 6.10 Å². The van der Waals surface area contributed by atoms with Crippen LogP contribution in [0.1, 0.15) is 22.8 Å². The second-order valence-electron chi connectivity index (χ2n) is 4.03. The van der Waals surface area contributed by atoms with Crippen molar-refractivity contribution >= 4 is 24.5 Å². The smallest absolute Gasteiger partial charge is 0.328 e. The van der Waals surface area contributed by atoms with Gasteiger partial charge in [0.15, 0.2) is 0 Å². The molecular weight excluding hydrogens is 278 g/mol. The van der Waals surface area contributed by atoms with E-state index in [4.69, 9.17) is 5.11 Å². The summed E-state index contributed by atoms with van der Waals surface area (Å²) in [5.74, 6) is -0.987. The number of aromatic nitrogens is 1. The number of benzene rings is 1. The lowest BCUT2D eigenvalue weighted by atomic mass is 10.0. The fourth-order valence-electron chi connectivity index (χ4n) is 1.69. The number of aliphatic carboxylic acids is 1. The number of rotatable bonds is 4. The maximum absolute atomic E-state index is 10.4. The van der Waals surface area contributed by atoms with Crippen LogP contribution in [0.2, 0.25) is 0 Å². The molecule has 0 saturated heterocycles. The summed E-state index contributed by atoms with van der Waals surface area (Å²) < 4.78 is 0. The van der Waals surface area contributed by atoms with E-state index >= 15 is 0 Å². The third kappa shape index (κ3) is 4.19. The fourth-order valence-corrected chi connectivity index (χ4v) is 1.69. The number of nitrogens with zero attached hydrogens (tertiary/aromatic N) is 1. The highest BCUT2D eigenvalue weighted by molar-refractivity contribution is 5.85. The van der Waals surface area contributed by atoms with Gasteiger partial charge in [0.05, 0.1) is 0 Å². The number of aliphatic hydroxyl groups is 1. The third-order valence-corrected chi connectivity index (χ3v) is 2.67. The number of hydrogen-bond donors (Lipinski definition) is 2. The standard InChI is InChI=1S/C15H13NO3.ClH/c17-14(18)8-5-11-3-6-12(7-4-11)15(19)13-2-1-9-16-10-13;/h1-10,15,19H,(H,17,18);1H/b8-5+;. The van der Waals surface area contributed by atoms with Gasteiger partial charge in [-0.25, -0.2) is 4.79 Å². The molecule has 0 aliphatic carbocycles. The van der Waals surface area contributed by atoms with Gasteiger partial charge in [-0.1, -0.05) is 30.3 Å². The third-order valence-electron chi connectivity index (χ3n) is 2.67. The molecule has 1 atom stereocenters. The first-order valence-electron chi connectivity index (χ1n) is 5.76. The number of carboxylic acids is 1. The molecule has 5 heteroatoms. The summed E-state index contributed by atoms with van der Waals surface area (Å²) in [7, 11) is 0. The predicted molar refractivity (Wildman–Crippen MR) is 78.7 cm³/mol. The van der Waals surface area contributed by atoms with Crippen molar-refractivity contribution in [2.75, 3.05) is 0 Å². The van der Waals surface area contributed by atoms with E-state index in [0.717, 1.165) is 22.8 Å². The largest absolute Gasteiger partial charge is 0.478 e. The summed E-state index contributed by atoms with van der Waals surface area (Å²) >= 11 is 0. The first-order valence-corrected chi connectivity index (χ1v) is 5.76. The summed E-state index contributed by atoms with van der Waals surface area (Å²) in [5.41, 5.74) is 2.22. The van der Waals surface area contributed by atoms with Crippen molar-refractivity contribution in [2.24, 2.45) is 0 Å². The Kier molecular flexibility index (Phi) is 5.90. The van der Waals surface area contributed by atoms with Crippen LogP contribution in [-0.2, 0) is 4.79 Å². The molecular formula is C15H14ClNO3. The Morgan fingerprint density at radius 2 is 1.85 bits per heavy atom. The number of pyridine rings is 1. The minimum Gasteiger partial charge on any atom is -0.478 e. The van der Waals surface area contributed by atoms with Gasteiger partial charge in [-0.15, -0.1) is 12.4 Å². The Bertz CT molecular complexity index is 582. The molecule has 1 unspecified atom stereocenters. The molecule has 0 amide bonds. The molecule has 4 nitrogen and oxygen atoms in total. The van der Waals surface area contributed by atoms with E-state index in [1.807, 2.05) is 0 Å². The lowest BCUT2D eigenvalue weighted by Crippen LogP contribution is -1.99.